The number of hydrogen-bond donors (Lipinski definition) is 0. The third-order valence-corrected chi connectivity index (χ3v) is 4.12. The van der Waals surface area contributed by atoms with Gasteiger partial charge in [0.25, 0.3) is 0 Å². The van der Waals surface area contributed by atoms with Crippen molar-refractivity contribution in [1.82, 2.24) is 4.90 Å². The van der Waals surface area contributed by atoms with Crippen molar-refractivity contribution in [3.8, 4) is 0 Å². The zero-order valence-corrected chi connectivity index (χ0v) is 10.2. The second-order valence-electron chi connectivity index (χ2n) is 5.00. The molecule has 2 fully saturated rings. The molecule has 0 bridgehead atoms. The number of benzene rings is 1. The van der Waals surface area contributed by atoms with Gasteiger partial charge < -0.3 is 0 Å². The quantitative estimate of drug-likeness (QED) is 0.745. The van der Waals surface area contributed by atoms with Crippen molar-refractivity contribution in [2.75, 3.05) is 0 Å². The summed E-state index contributed by atoms with van der Waals surface area (Å²) < 4.78 is 0. The number of carbonyl (C=O) groups excluding carboxylic acids is 2. The molecule has 0 atom stereocenters. The molecule has 18 heavy (non-hydrogen) atoms. The van der Waals surface area contributed by atoms with Gasteiger partial charge in [0.1, 0.15) is 0 Å². The standard InChI is InChI=1S/C15H15NO2/c1-11(12-5-3-2-4-6-12)15-9-7-13(17)16(15)14(18)8-10-15/h2-6H,1,7-10H2. The molecular formula is C15H15NO2. The van der Waals surface area contributed by atoms with Crippen molar-refractivity contribution in [3.63, 3.8) is 0 Å². The Morgan fingerprint density at radius 1 is 1.06 bits per heavy atom. The summed E-state index contributed by atoms with van der Waals surface area (Å²) in [5, 5.41) is 0. The van der Waals surface area contributed by atoms with Crippen LogP contribution < -0.4 is 0 Å². The molecule has 2 saturated heterocycles. The monoisotopic (exact) mass is 241 g/mol. The van der Waals surface area contributed by atoms with E-state index in [1.807, 2.05) is 30.3 Å². The number of nitrogens with zero attached hydrogens (tertiary/aromatic N) is 1. The predicted octanol–water partition coefficient (Wildman–Crippen LogP) is 2.38. The first-order valence-corrected chi connectivity index (χ1v) is 6.26. The van der Waals surface area contributed by atoms with Crippen molar-refractivity contribution >= 4 is 17.4 Å². The van der Waals surface area contributed by atoms with Gasteiger partial charge in [-0.2, -0.15) is 0 Å². The molecule has 2 heterocycles. The third-order valence-electron chi connectivity index (χ3n) is 4.12. The molecule has 0 aromatic heterocycles. The highest BCUT2D eigenvalue weighted by Crippen LogP contribution is 2.47. The Balaban J connectivity index is 2.03. The number of rotatable bonds is 2. The van der Waals surface area contributed by atoms with Gasteiger partial charge in [0.2, 0.25) is 11.8 Å². The first-order valence-electron chi connectivity index (χ1n) is 6.26. The summed E-state index contributed by atoms with van der Waals surface area (Å²) in [4.78, 5) is 25.2. The largest absolute Gasteiger partial charge is 0.274 e. The van der Waals surface area contributed by atoms with Crippen molar-refractivity contribution in [2.24, 2.45) is 0 Å². The van der Waals surface area contributed by atoms with Gasteiger partial charge in [-0.25, -0.2) is 0 Å². The average Bonchev–Trinajstić information content (AvgIpc) is 2.91. The summed E-state index contributed by atoms with van der Waals surface area (Å²) in [7, 11) is 0. The van der Waals surface area contributed by atoms with Crippen LogP contribution in [0, 0.1) is 0 Å². The van der Waals surface area contributed by atoms with E-state index in [1.54, 1.807) is 0 Å². The lowest BCUT2D eigenvalue weighted by atomic mass is 9.82. The molecule has 92 valence electrons. The summed E-state index contributed by atoms with van der Waals surface area (Å²) in [6.45, 7) is 4.16. The van der Waals surface area contributed by atoms with Gasteiger partial charge in [-0.3, -0.25) is 14.5 Å². The van der Waals surface area contributed by atoms with Crippen molar-refractivity contribution in [2.45, 2.75) is 31.2 Å². The zero-order chi connectivity index (χ0) is 12.8. The van der Waals surface area contributed by atoms with E-state index in [0.29, 0.717) is 25.7 Å². The number of hydrogen-bond acceptors (Lipinski definition) is 2. The Morgan fingerprint density at radius 2 is 1.61 bits per heavy atom. The van der Waals surface area contributed by atoms with E-state index in [0.717, 1.165) is 11.1 Å². The molecule has 0 radical (unpaired) electrons. The van der Waals surface area contributed by atoms with Crippen LogP contribution in [-0.2, 0) is 9.59 Å². The maximum atomic E-state index is 11.9. The van der Waals surface area contributed by atoms with Gasteiger partial charge in [-0.15, -0.1) is 0 Å². The van der Waals surface area contributed by atoms with Crippen LogP contribution in [0.2, 0.25) is 0 Å². The second-order valence-corrected chi connectivity index (χ2v) is 5.00. The Morgan fingerprint density at radius 3 is 2.17 bits per heavy atom. The van der Waals surface area contributed by atoms with E-state index >= 15 is 0 Å². The van der Waals surface area contributed by atoms with Crippen LogP contribution >= 0.6 is 0 Å². The van der Waals surface area contributed by atoms with Crippen molar-refractivity contribution in [3.05, 3.63) is 42.5 Å². The summed E-state index contributed by atoms with van der Waals surface area (Å²) in [6, 6.07) is 9.83. The van der Waals surface area contributed by atoms with Gasteiger partial charge >= 0.3 is 0 Å². The molecule has 0 aliphatic carbocycles. The molecule has 0 unspecified atom stereocenters. The lowest BCUT2D eigenvalue weighted by Crippen LogP contribution is -2.43. The van der Waals surface area contributed by atoms with Crippen molar-refractivity contribution < 1.29 is 9.59 Å². The number of fused-ring (bicyclic) bond motifs is 1. The highest BCUT2D eigenvalue weighted by atomic mass is 16.2. The summed E-state index contributed by atoms with van der Waals surface area (Å²) in [5.41, 5.74) is 1.47. The highest BCUT2D eigenvalue weighted by Gasteiger charge is 2.54. The minimum Gasteiger partial charge on any atom is -0.274 e. The Bertz CT molecular complexity index is 513. The molecule has 3 rings (SSSR count). The molecule has 0 spiro atoms. The zero-order valence-electron chi connectivity index (χ0n) is 10.2. The molecular weight excluding hydrogens is 226 g/mol. The van der Waals surface area contributed by atoms with Crippen LogP contribution in [0.4, 0.5) is 0 Å². The van der Waals surface area contributed by atoms with Gasteiger partial charge in [-0.1, -0.05) is 36.9 Å². The van der Waals surface area contributed by atoms with Crippen LogP contribution in [0.5, 0.6) is 0 Å². The third kappa shape index (κ3) is 1.37. The molecule has 3 nitrogen and oxygen atoms in total. The second kappa shape index (κ2) is 3.80. The summed E-state index contributed by atoms with van der Waals surface area (Å²) in [5.74, 6) is -0.0934. The molecule has 0 saturated carbocycles. The van der Waals surface area contributed by atoms with E-state index in [4.69, 9.17) is 0 Å². The first-order chi connectivity index (χ1) is 8.65. The minimum atomic E-state index is -0.449. The first kappa shape index (κ1) is 11.2. The fourth-order valence-electron chi connectivity index (χ4n) is 3.16. The lowest BCUT2D eigenvalue weighted by Gasteiger charge is -2.32. The van der Waals surface area contributed by atoms with Crippen molar-refractivity contribution in [1.29, 1.82) is 0 Å². The van der Waals surface area contributed by atoms with E-state index in [1.165, 1.54) is 4.90 Å². The maximum absolute atomic E-state index is 11.9. The molecule has 3 heteroatoms. The average molecular weight is 241 g/mol. The molecule has 2 aliphatic heterocycles. The van der Waals surface area contributed by atoms with E-state index in [-0.39, 0.29) is 11.8 Å². The van der Waals surface area contributed by atoms with E-state index in [9.17, 15) is 9.59 Å². The molecule has 1 aromatic carbocycles. The van der Waals surface area contributed by atoms with Crippen LogP contribution in [0.3, 0.4) is 0 Å². The maximum Gasteiger partial charge on any atom is 0.230 e. The lowest BCUT2D eigenvalue weighted by molar-refractivity contribution is -0.141. The normalized spacial score (nSPS) is 21.2. The number of amides is 2. The fourth-order valence-corrected chi connectivity index (χ4v) is 3.16. The molecule has 2 aliphatic rings. The van der Waals surface area contributed by atoms with Crippen LogP contribution in [-0.4, -0.2) is 22.3 Å². The Labute approximate surface area is 106 Å². The minimum absolute atomic E-state index is 0.0467. The Kier molecular flexibility index (Phi) is 2.37. The summed E-state index contributed by atoms with van der Waals surface area (Å²) >= 11 is 0. The van der Waals surface area contributed by atoms with Gasteiger partial charge in [0.15, 0.2) is 0 Å². The SMILES string of the molecule is C=C(c1ccccc1)C12CCC(=O)N1C(=O)CC2. The van der Waals surface area contributed by atoms with Crippen LogP contribution in [0.1, 0.15) is 31.2 Å². The molecule has 2 amide bonds. The molecule has 0 N–H and O–H groups in total. The fraction of sp³-hybridized carbons (Fsp3) is 0.333. The predicted molar refractivity (Wildman–Crippen MR) is 68.5 cm³/mol. The van der Waals surface area contributed by atoms with E-state index < -0.39 is 5.54 Å². The number of imide groups is 1. The van der Waals surface area contributed by atoms with Crippen LogP contribution in [0.25, 0.3) is 5.57 Å². The highest BCUT2D eigenvalue weighted by molar-refractivity contribution is 6.03. The summed E-state index contributed by atoms with van der Waals surface area (Å²) in [6.07, 6.45) is 2.34. The topological polar surface area (TPSA) is 37.4 Å². The van der Waals surface area contributed by atoms with Gasteiger partial charge in [0, 0.05) is 12.8 Å². The molecule has 1 aromatic rings. The Hall–Kier alpha value is -1.90. The smallest absolute Gasteiger partial charge is 0.230 e. The number of carbonyl (C=O) groups is 2. The van der Waals surface area contributed by atoms with Crippen LogP contribution in [0.15, 0.2) is 36.9 Å². The van der Waals surface area contributed by atoms with Gasteiger partial charge in [0.05, 0.1) is 5.54 Å². The van der Waals surface area contributed by atoms with E-state index in [2.05, 4.69) is 6.58 Å². The van der Waals surface area contributed by atoms with Gasteiger partial charge in [-0.05, 0) is 24.0 Å².